The topological polar surface area (TPSA) is 54.9 Å². The molecule has 2 heterocycles. The van der Waals surface area contributed by atoms with Crippen LogP contribution in [0.15, 0.2) is 61.2 Å². The Morgan fingerprint density at radius 3 is 2.88 bits per heavy atom. The molecule has 1 aliphatic rings. The number of benzene rings is 1. The third-order valence-electron chi connectivity index (χ3n) is 4.75. The summed E-state index contributed by atoms with van der Waals surface area (Å²) in [5, 5.41) is 3.08. The van der Waals surface area contributed by atoms with E-state index in [1.54, 1.807) is 36.7 Å². The Bertz CT molecular complexity index is 957. The minimum Gasteiger partial charge on any atom is -0.345 e. The Morgan fingerprint density at radius 2 is 2.00 bits per heavy atom. The van der Waals surface area contributed by atoms with Crippen LogP contribution in [-0.2, 0) is 6.42 Å². The van der Waals surface area contributed by atoms with Gasteiger partial charge in [0.2, 0.25) is 0 Å². The van der Waals surface area contributed by atoms with E-state index in [-0.39, 0.29) is 17.8 Å². The second-order valence-electron chi connectivity index (χ2n) is 6.43. The van der Waals surface area contributed by atoms with Crippen molar-refractivity contribution in [3.05, 3.63) is 83.7 Å². The molecule has 3 aromatic rings. The summed E-state index contributed by atoms with van der Waals surface area (Å²) in [5.41, 5.74) is 3.75. The third kappa shape index (κ3) is 3.20. The van der Waals surface area contributed by atoms with Gasteiger partial charge in [0.25, 0.3) is 5.91 Å². The van der Waals surface area contributed by atoms with Crippen LogP contribution in [0.25, 0.3) is 11.1 Å². The number of aryl methyl sites for hydroxylation is 1. The van der Waals surface area contributed by atoms with Crippen molar-refractivity contribution in [2.45, 2.75) is 25.3 Å². The van der Waals surface area contributed by atoms with Gasteiger partial charge >= 0.3 is 0 Å². The number of nitrogens with one attached hydrogen (secondary N) is 1. The molecule has 0 spiro atoms. The van der Waals surface area contributed by atoms with Gasteiger partial charge < -0.3 is 5.32 Å². The molecule has 0 saturated heterocycles. The lowest BCUT2D eigenvalue weighted by Crippen LogP contribution is -2.31. The van der Waals surface area contributed by atoms with Gasteiger partial charge in [0.15, 0.2) is 0 Å². The fourth-order valence-electron chi connectivity index (χ4n) is 3.44. The van der Waals surface area contributed by atoms with Gasteiger partial charge in [-0.1, -0.05) is 18.2 Å². The summed E-state index contributed by atoms with van der Waals surface area (Å²) in [6, 6.07) is 10.1. The highest BCUT2D eigenvalue weighted by atomic mass is 19.1. The Balaban J connectivity index is 1.58. The molecule has 0 fully saturated rings. The highest BCUT2D eigenvalue weighted by Gasteiger charge is 2.22. The number of hydrogen-bond donors (Lipinski definition) is 1. The van der Waals surface area contributed by atoms with Crippen LogP contribution in [0.5, 0.6) is 0 Å². The molecule has 4 nitrogen and oxygen atoms in total. The Labute approximate surface area is 151 Å². The molecule has 2 aromatic heterocycles. The van der Waals surface area contributed by atoms with E-state index >= 15 is 0 Å². The second kappa shape index (κ2) is 7.04. The van der Waals surface area contributed by atoms with Gasteiger partial charge in [0.05, 0.1) is 11.6 Å². The van der Waals surface area contributed by atoms with Crippen LogP contribution in [-0.4, -0.2) is 15.9 Å². The zero-order valence-electron chi connectivity index (χ0n) is 14.2. The first-order chi connectivity index (χ1) is 12.7. The molecule has 1 unspecified atom stereocenters. The summed E-state index contributed by atoms with van der Waals surface area (Å²) in [7, 11) is 0. The maximum absolute atomic E-state index is 14.0. The van der Waals surface area contributed by atoms with E-state index in [1.165, 1.54) is 17.8 Å². The zero-order valence-corrected chi connectivity index (χ0v) is 14.2. The standard InChI is InChI=1S/C21H18FN3O/c22-19-6-2-1-5-17(19)15-10-16(13-24-12-15)21(26)25-20-7-3-4-14-11-23-9-8-18(14)20/h1-2,5-6,8-13,20H,3-4,7H2,(H,25,26). The molecule has 0 bridgehead atoms. The summed E-state index contributed by atoms with van der Waals surface area (Å²) < 4.78 is 14.0. The number of pyridine rings is 2. The molecular weight excluding hydrogens is 329 g/mol. The minimum atomic E-state index is -0.333. The number of hydrogen-bond acceptors (Lipinski definition) is 3. The van der Waals surface area contributed by atoms with Crippen molar-refractivity contribution >= 4 is 5.91 Å². The van der Waals surface area contributed by atoms with E-state index < -0.39 is 0 Å². The number of aromatic nitrogens is 2. The van der Waals surface area contributed by atoms with Gasteiger partial charge in [0, 0.05) is 35.9 Å². The van der Waals surface area contributed by atoms with Gasteiger partial charge in [-0.15, -0.1) is 0 Å². The van der Waals surface area contributed by atoms with Crippen LogP contribution >= 0.6 is 0 Å². The molecule has 1 N–H and O–H groups in total. The quantitative estimate of drug-likeness (QED) is 0.776. The predicted octanol–water partition coefficient (Wildman–Crippen LogP) is 4.09. The first-order valence-corrected chi connectivity index (χ1v) is 8.66. The summed E-state index contributed by atoms with van der Waals surface area (Å²) in [4.78, 5) is 21.0. The molecule has 0 aliphatic heterocycles. The number of halogens is 1. The fourth-order valence-corrected chi connectivity index (χ4v) is 3.44. The van der Waals surface area contributed by atoms with E-state index in [1.807, 2.05) is 12.3 Å². The normalized spacial score (nSPS) is 16.0. The van der Waals surface area contributed by atoms with Crippen molar-refractivity contribution < 1.29 is 9.18 Å². The van der Waals surface area contributed by atoms with Crippen molar-refractivity contribution in [1.82, 2.24) is 15.3 Å². The van der Waals surface area contributed by atoms with Crippen LogP contribution in [0.3, 0.4) is 0 Å². The summed E-state index contributed by atoms with van der Waals surface area (Å²) in [6.45, 7) is 0. The van der Waals surface area contributed by atoms with E-state index in [9.17, 15) is 9.18 Å². The lowest BCUT2D eigenvalue weighted by Gasteiger charge is -2.26. The maximum atomic E-state index is 14.0. The molecule has 26 heavy (non-hydrogen) atoms. The number of fused-ring (bicyclic) bond motifs is 1. The molecule has 1 aliphatic carbocycles. The molecular formula is C21H18FN3O. The predicted molar refractivity (Wildman–Crippen MR) is 97.0 cm³/mol. The van der Waals surface area contributed by atoms with Gasteiger partial charge in [-0.25, -0.2) is 4.39 Å². The van der Waals surface area contributed by atoms with Gasteiger partial charge in [-0.05, 0) is 48.6 Å². The molecule has 130 valence electrons. The van der Waals surface area contributed by atoms with E-state index in [0.29, 0.717) is 16.7 Å². The van der Waals surface area contributed by atoms with E-state index in [4.69, 9.17) is 0 Å². The second-order valence-corrected chi connectivity index (χ2v) is 6.43. The first kappa shape index (κ1) is 16.4. The molecule has 1 aromatic carbocycles. The summed E-state index contributed by atoms with van der Waals surface area (Å²) in [5.74, 6) is -0.536. The SMILES string of the molecule is O=C(NC1CCCc2cnccc21)c1cncc(-c2ccccc2F)c1. The van der Waals surface area contributed by atoms with Crippen molar-refractivity contribution in [3.8, 4) is 11.1 Å². The molecule has 0 saturated carbocycles. The van der Waals surface area contributed by atoms with E-state index in [0.717, 1.165) is 24.8 Å². The monoisotopic (exact) mass is 347 g/mol. The number of amides is 1. The zero-order chi connectivity index (χ0) is 17.9. The highest BCUT2D eigenvalue weighted by molar-refractivity contribution is 5.95. The van der Waals surface area contributed by atoms with Crippen LogP contribution in [0.4, 0.5) is 4.39 Å². The molecule has 4 rings (SSSR count). The van der Waals surface area contributed by atoms with Crippen molar-refractivity contribution in [2.24, 2.45) is 0 Å². The van der Waals surface area contributed by atoms with E-state index in [2.05, 4.69) is 15.3 Å². The lowest BCUT2D eigenvalue weighted by atomic mass is 9.89. The van der Waals surface area contributed by atoms with Gasteiger partial charge in [-0.2, -0.15) is 0 Å². The maximum Gasteiger partial charge on any atom is 0.253 e. The van der Waals surface area contributed by atoms with Crippen molar-refractivity contribution in [1.29, 1.82) is 0 Å². The number of carbonyl (C=O) groups excluding carboxylic acids is 1. The van der Waals surface area contributed by atoms with Crippen LogP contribution < -0.4 is 5.32 Å². The molecule has 0 radical (unpaired) electrons. The average molecular weight is 347 g/mol. The minimum absolute atomic E-state index is 0.0358. The lowest BCUT2D eigenvalue weighted by molar-refractivity contribution is 0.0932. The van der Waals surface area contributed by atoms with Crippen LogP contribution in [0, 0.1) is 5.82 Å². The average Bonchev–Trinajstić information content (AvgIpc) is 2.69. The molecule has 1 atom stereocenters. The first-order valence-electron chi connectivity index (χ1n) is 8.66. The Morgan fingerprint density at radius 1 is 1.12 bits per heavy atom. The van der Waals surface area contributed by atoms with Crippen LogP contribution in [0.2, 0.25) is 0 Å². The number of carbonyl (C=O) groups is 1. The highest BCUT2D eigenvalue weighted by Crippen LogP contribution is 2.29. The van der Waals surface area contributed by atoms with Crippen molar-refractivity contribution in [3.63, 3.8) is 0 Å². The Kier molecular flexibility index (Phi) is 4.44. The Hall–Kier alpha value is -3.08. The summed E-state index contributed by atoms with van der Waals surface area (Å²) >= 11 is 0. The summed E-state index contributed by atoms with van der Waals surface area (Å²) in [6.07, 6.45) is 9.59. The largest absolute Gasteiger partial charge is 0.345 e. The van der Waals surface area contributed by atoms with Gasteiger partial charge in [-0.3, -0.25) is 14.8 Å². The number of rotatable bonds is 3. The third-order valence-corrected chi connectivity index (χ3v) is 4.75. The molecule has 1 amide bonds. The van der Waals surface area contributed by atoms with Gasteiger partial charge in [0.1, 0.15) is 5.82 Å². The van der Waals surface area contributed by atoms with Crippen molar-refractivity contribution in [2.75, 3.05) is 0 Å². The fraction of sp³-hybridized carbons (Fsp3) is 0.190. The van der Waals surface area contributed by atoms with Crippen LogP contribution in [0.1, 0.15) is 40.4 Å². The number of nitrogens with zero attached hydrogens (tertiary/aromatic N) is 2. The smallest absolute Gasteiger partial charge is 0.253 e. The molecule has 5 heteroatoms.